The third-order valence-corrected chi connectivity index (χ3v) is 4.52. The lowest BCUT2D eigenvalue weighted by Crippen LogP contribution is -2.10. The summed E-state index contributed by atoms with van der Waals surface area (Å²) >= 11 is 0. The van der Waals surface area contributed by atoms with Crippen molar-refractivity contribution >= 4 is 15.7 Å². The van der Waals surface area contributed by atoms with Gasteiger partial charge in [0.2, 0.25) is 0 Å². The third kappa shape index (κ3) is 1.71. The summed E-state index contributed by atoms with van der Waals surface area (Å²) in [5.74, 6) is 0.218. The third-order valence-electron chi connectivity index (χ3n) is 2.76. The molecule has 1 aliphatic rings. The second kappa shape index (κ2) is 3.48. The summed E-state index contributed by atoms with van der Waals surface area (Å²) in [6, 6.07) is 1.70. The minimum atomic E-state index is -3.24. The topological polar surface area (TPSA) is 73.0 Å². The molecular weight excluding hydrogens is 212 g/mol. The average Bonchev–Trinajstić information content (AvgIpc) is 2.63. The van der Waals surface area contributed by atoms with Crippen molar-refractivity contribution < 1.29 is 8.42 Å². The largest absolute Gasteiger partial charge is 0.383 e. The van der Waals surface area contributed by atoms with Gasteiger partial charge >= 0.3 is 0 Å². The molecule has 2 rings (SSSR count). The van der Waals surface area contributed by atoms with Gasteiger partial charge in [-0.25, -0.2) is 13.4 Å². The van der Waals surface area contributed by atoms with Crippen LogP contribution in [0.15, 0.2) is 11.0 Å². The second-order valence-corrected chi connectivity index (χ2v) is 5.98. The van der Waals surface area contributed by atoms with E-state index in [4.69, 9.17) is 5.73 Å². The van der Waals surface area contributed by atoms with Gasteiger partial charge in [-0.1, -0.05) is 6.92 Å². The molecule has 0 bridgehead atoms. The molecule has 1 aliphatic carbocycles. The number of nitrogens with zero attached hydrogens (tertiary/aromatic N) is 1. The minimum absolute atomic E-state index is 0.0671. The van der Waals surface area contributed by atoms with Gasteiger partial charge in [-0.2, -0.15) is 0 Å². The predicted octanol–water partition coefficient (Wildman–Crippen LogP) is 0.946. The number of anilines is 1. The molecule has 1 aromatic rings. The van der Waals surface area contributed by atoms with E-state index in [2.05, 4.69) is 4.98 Å². The van der Waals surface area contributed by atoms with E-state index >= 15 is 0 Å². The fourth-order valence-electron chi connectivity index (χ4n) is 1.87. The Labute approximate surface area is 89.4 Å². The second-order valence-electron chi connectivity index (χ2n) is 3.73. The number of aromatic nitrogens is 1. The average molecular weight is 226 g/mol. The molecule has 2 N–H and O–H groups in total. The Hall–Kier alpha value is -1.10. The molecule has 0 unspecified atom stereocenters. The van der Waals surface area contributed by atoms with Gasteiger partial charge in [0.25, 0.3) is 0 Å². The molecule has 0 saturated carbocycles. The Balaban J connectivity index is 2.60. The lowest BCUT2D eigenvalue weighted by atomic mass is 10.2. The summed E-state index contributed by atoms with van der Waals surface area (Å²) in [6.07, 6.45) is 2.86. The van der Waals surface area contributed by atoms with E-state index in [1.54, 1.807) is 13.0 Å². The fraction of sp³-hybridized carbons (Fsp3) is 0.500. The van der Waals surface area contributed by atoms with Crippen molar-refractivity contribution in [1.82, 2.24) is 4.98 Å². The summed E-state index contributed by atoms with van der Waals surface area (Å²) < 4.78 is 23.4. The summed E-state index contributed by atoms with van der Waals surface area (Å²) in [5.41, 5.74) is 7.66. The van der Waals surface area contributed by atoms with Gasteiger partial charge in [0.05, 0.1) is 5.75 Å². The Morgan fingerprint density at radius 1 is 1.47 bits per heavy atom. The van der Waals surface area contributed by atoms with Crippen LogP contribution in [0.2, 0.25) is 0 Å². The van der Waals surface area contributed by atoms with Crippen LogP contribution in [0, 0.1) is 0 Å². The van der Waals surface area contributed by atoms with Gasteiger partial charge in [-0.05, 0) is 30.9 Å². The Morgan fingerprint density at radius 3 is 2.87 bits per heavy atom. The number of rotatable bonds is 2. The van der Waals surface area contributed by atoms with Crippen LogP contribution in [0.5, 0.6) is 0 Å². The predicted molar refractivity (Wildman–Crippen MR) is 58.4 cm³/mol. The van der Waals surface area contributed by atoms with Gasteiger partial charge in [0, 0.05) is 5.69 Å². The molecule has 0 aromatic carbocycles. The maximum Gasteiger partial charge on any atom is 0.181 e. The molecule has 1 aromatic heterocycles. The number of pyridine rings is 1. The lowest BCUT2D eigenvalue weighted by Gasteiger charge is -2.07. The maximum absolute atomic E-state index is 11.7. The fourth-order valence-corrected chi connectivity index (χ4v) is 2.87. The monoisotopic (exact) mass is 226 g/mol. The molecule has 1 heterocycles. The number of nitrogen functional groups attached to an aromatic ring is 1. The van der Waals surface area contributed by atoms with Crippen LogP contribution in [0.25, 0.3) is 0 Å². The lowest BCUT2D eigenvalue weighted by molar-refractivity contribution is 0.597. The standard InChI is InChI=1S/C10H14N2O2S/c1-2-15(13,14)9-6-7-4-3-5-8(7)12-10(9)11/h6H,2-5H2,1H3,(H2,11,12). The first-order valence-electron chi connectivity index (χ1n) is 5.05. The Morgan fingerprint density at radius 2 is 2.20 bits per heavy atom. The minimum Gasteiger partial charge on any atom is -0.383 e. The molecule has 0 aliphatic heterocycles. The van der Waals surface area contributed by atoms with Crippen LogP contribution in [-0.2, 0) is 22.7 Å². The highest BCUT2D eigenvalue weighted by Gasteiger charge is 2.21. The van der Waals surface area contributed by atoms with Crippen molar-refractivity contribution in [3.63, 3.8) is 0 Å². The molecule has 0 atom stereocenters. The number of sulfone groups is 1. The van der Waals surface area contributed by atoms with Gasteiger partial charge < -0.3 is 5.73 Å². The van der Waals surface area contributed by atoms with E-state index < -0.39 is 9.84 Å². The Bertz CT molecular complexity index is 494. The van der Waals surface area contributed by atoms with Crippen LogP contribution >= 0.6 is 0 Å². The van der Waals surface area contributed by atoms with Crippen molar-refractivity contribution in [2.45, 2.75) is 31.1 Å². The molecule has 5 heteroatoms. The van der Waals surface area contributed by atoms with Crippen LogP contribution in [0.4, 0.5) is 5.82 Å². The summed E-state index contributed by atoms with van der Waals surface area (Å²) in [7, 11) is -3.24. The van der Waals surface area contributed by atoms with Crippen molar-refractivity contribution in [2.24, 2.45) is 0 Å². The van der Waals surface area contributed by atoms with E-state index in [1.165, 1.54) is 0 Å². The summed E-state index contributed by atoms with van der Waals surface area (Å²) in [6.45, 7) is 1.61. The van der Waals surface area contributed by atoms with Gasteiger partial charge in [-0.15, -0.1) is 0 Å². The molecule has 15 heavy (non-hydrogen) atoms. The number of aryl methyl sites for hydroxylation is 2. The number of fused-ring (bicyclic) bond motifs is 1. The first kappa shape index (κ1) is 10.4. The van der Waals surface area contributed by atoms with Gasteiger partial charge in [0.15, 0.2) is 9.84 Å². The zero-order valence-corrected chi connectivity index (χ0v) is 9.47. The van der Waals surface area contributed by atoms with Gasteiger partial charge in [-0.3, -0.25) is 0 Å². The normalized spacial score (nSPS) is 15.3. The molecule has 0 fully saturated rings. The van der Waals surface area contributed by atoms with Crippen LogP contribution in [0.1, 0.15) is 24.6 Å². The SMILES string of the molecule is CCS(=O)(=O)c1cc2c(nc1N)CCC2. The number of nitrogens with two attached hydrogens (primary N) is 1. The molecule has 0 saturated heterocycles. The van der Waals surface area contributed by atoms with Crippen LogP contribution < -0.4 is 5.73 Å². The zero-order valence-electron chi connectivity index (χ0n) is 8.66. The first-order valence-corrected chi connectivity index (χ1v) is 6.71. The van der Waals surface area contributed by atoms with Crippen molar-refractivity contribution in [3.05, 3.63) is 17.3 Å². The van der Waals surface area contributed by atoms with Crippen molar-refractivity contribution in [1.29, 1.82) is 0 Å². The highest BCUT2D eigenvalue weighted by Crippen LogP contribution is 2.26. The van der Waals surface area contributed by atoms with Crippen molar-refractivity contribution in [2.75, 3.05) is 11.5 Å². The van der Waals surface area contributed by atoms with E-state index in [1.807, 2.05) is 0 Å². The van der Waals surface area contributed by atoms with E-state index in [9.17, 15) is 8.42 Å². The number of hydrogen-bond acceptors (Lipinski definition) is 4. The van der Waals surface area contributed by atoms with E-state index in [0.29, 0.717) is 0 Å². The van der Waals surface area contributed by atoms with E-state index in [0.717, 1.165) is 30.5 Å². The summed E-state index contributed by atoms with van der Waals surface area (Å²) in [5, 5.41) is 0. The molecular formula is C10H14N2O2S. The maximum atomic E-state index is 11.7. The first-order chi connectivity index (χ1) is 7.04. The number of hydrogen-bond donors (Lipinski definition) is 1. The Kier molecular flexibility index (Phi) is 2.42. The molecule has 0 radical (unpaired) electrons. The van der Waals surface area contributed by atoms with Gasteiger partial charge in [0.1, 0.15) is 10.7 Å². The highest BCUT2D eigenvalue weighted by molar-refractivity contribution is 7.91. The van der Waals surface area contributed by atoms with Crippen molar-refractivity contribution in [3.8, 4) is 0 Å². The van der Waals surface area contributed by atoms with Crippen LogP contribution in [-0.4, -0.2) is 19.2 Å². The molecule has 0 spiro atoms. The highest BCUT2D eigenvalue weighted by atomic mass is 32.2. The smallest absolute Gasteiger partial charge is 0.181 e. The van der Waals surface area contributed by atoms with Crippen LogP contribution in [0.3, 0.4) is 0 Å². The molecule has 0 amide bonds. The quantitative estimate of drug-likeness (QED) is 0.814. The molecule has 82 valence electrons. The zero-order chi connectivity index (χ0) is 11.1. The summed E-state index contributed by atoms with van der Waals surface area (Å²) in [4.78, 5) is 4.37. The molecule has 4 nitrogen and oxygen atoms in total. The van der Waals surface area contributed by atoms with E-state index in [-0.39, 0.29) is 16.5 Å².